The maximum atomic E-state index is 12.6. The van der Waals surface area contributed by atoms with Crippen molar-refractivity contribution >= 4 is 17.4 Å². The van der Waals surface area contributed by atoms with Gasteiger partial charge in [0.25, 0.3) is 5.91 Å². The summed E-state index contributed by atoms with van der Waals surface area (Å²) >= 11 is 0. The van der Waals surface area contributed by atoms with Gasteiger partial charge in [0.15, 0.2) is 0 Å². The molecular weight excluding hydrogens is 340 g/mol. The van der Waals surface area contributed by atoms with Crippen molar-refractivity contribution in [2.45, 2.75) is 19.9 Å². The zero-order valence-corrected chi connectivity index (χ0v) is 15.4. The molecule has 0 atom stereocenters. The Balaban J connectivity index is 1.70. The van der Waals surface area contributed by atoms with Crippen molar-refractivity contribution in [3.63, 3.8) is 0 Å². The minimum Gasteiger partial charge on any atom is -0.496 e. The monoisotopic (exact) mass is 362 g/mol. The van der Waals surface area contributed by atoms with Gasteiger partial charge in [0, 0.05) is 23.9 Å². The molecule has 0 aliphatic rings. The Kier molecular flexibility index (Phi) is 5.99. The van der Waals surface area contributed by atoms with Crippen molar-refractivity contribution in [3.05, 3.63) is 77.7 Å². The molecule has 1 heterocycles. The predicted molar refractivity (Wildman–Crippen MR) is 106 cm³/mol. The molecule has 6 nitrogen and oxygen atoms in total. The highest BCUT2D eigenvalue weighted by Crippen LogP contribution is 2.19. The summed E-state index contributed by atoms with van der Waals surface area (Å²) in [6.07, 6.45) is 2.22. The summed E-state index contributed by atoms with van der Waals surface area (Å²) in [6, 6.07) is 17.1. The van der Waals surface area contributed by atoms with Gasteiger partial charge in [0.1, 0.15) is 23.6 Å². The first-order valence-electron chi connectivity index (χ1n) is 8.78. The minimum absolute atomic E-state index is 0.265. The van der Waals surface area contributed by atoms with Gasteiger partial charge < -0.3 is 15.4 Å². The first-order valence-corrected chi connectivity index (χ1v) is 8.78. The average Bonchev–Trinajstić information content (AvgIpc) is 2.73. The number of nitrogens with zero attached hydrogens (tertiary/aromatic N) is 2. The second kappa shape index (κ2) is 8.80. The standard InChI is InChI=1S/C21H22N4O2/c1-3-15-8-4-6-10-17(15)25-21(26)18-12-20(24-14-23-18)22-13-16-9-5-7-11-19(16)27-2/h4-12,14H,3,13H2,1-2H3,(H,25,26)(H,22,23,24). The van der Waals surface area contributed by atoms with Gasteiger partial charge in [-0.3, -0.25) is 4.79 Å². The summed E-state index contributed by atoms with van der Waals surface area (Å²) in [4.78, 5) is 20.8. The van der Waals surface area contributed by atoms with Crippen molar-refractivity contribution in [1.29, 1.82) is 0 Å². The van der Waals surface area contributed by atoms with Gasteiger partial charge >= 0.3 is 0 Å². The molecule has 2 N–H and O–H groups in total. The Hall–Kier alpha value is -3.41. The summed E-state index contributed by atoms with van der Waals surface area (Å²) in [6.45, 7) is 2.58. The Bertz CT molecular complexity index is 927. The molecule has 27 heavy (non-hydrogen) atoms. The van der Waals surface area contributed by atoms with Gasteiger partial charge in [-0.15, -0.1) is 0 Å². The zero-order chi connectivity index (χ0) is 19.1. The third-order valence-corrected chi connectivity index (χ3v) is 4.20. The third-order valence-electron chi connectivity index (χ3n) is 4.20. The average molecular weight is 362 g/mol. The van der Waals surface area contributed by atoms with E-state index in [1.54, 1.807) is 13.2 Å². The number of methoxy groups -OCH3 is 1. The Labute approximate surface area is 158 Å². The van der Waals surface area contributed by atoms with Crippen LogP contribution in [0, 0.1) is 0 Å². The van der Waals surface area contributed by atoms with E-state index in [9.17, 15) is 4.79 Å². The Morgan fingerprint density at radius 2 is 1.78 bits per heavy atom. The van der Waals surface area contributed by atoms with Crippen LogP contribution in [0.1, 0.15) is 28.5 Å². The lowest BCUT2D eigenvalue weighted by Crippen LogP contribution is -2.15. The van der Waals surface area contributed by atoms with E-state index in [-0.39, 0.29) is 5.91 Å². The highest BCUT2D eigenvalue weighted by atomic mass is 16.5. The molecule has 3 aromatic rings. The number of carbonyl (C=O) groups excluding carboxylic acids is 1. The fourth-order valence-corrected chi connectivity index (χ4v) is 2.75. The van der Waals surface area contributed by atoms with Crippen LogP contribution in [0.4, 0.5) is 11.5 Å². The van der Waals surface area contributed by atoms with Gasteiger partial charge in [0.2, 0.25) is 0 Å². The zero-order valence-electron chi connectivity index (χ0n) is 15.4. The molecule has 1 amide bonds. The quantitative estimate of drug-likeness (QED) is 0.666. The summed E-state index contributed by atoms with van der Waals surface area (Å²) in [7, 11) is 1.64. The van der Waals surface area contributed by atoms with Crippen LogP contribution in [0.2, 0.25) is 0 Å². The Morgan fingerprint density at radius 1 is 1.04 bits per heavy atom. The normalized spacial score (nSPS) is 10.3. The smallest absolute Gasteiger partial charge is 0.274 e. The van der Waals surface area contributed by atoms with E-state index in [1.807, 2.05) is 48.5 Å². The van der Waals surface area contributed by atoms with E-state index in [0.717, 1.165) is 29.0 Å². The van der Waals surface area contributed by atoms with Gasteiger partial charge in [-0.2, -0.15) is 0 Å². The van der Waals surface area contributed by atoms with Crippen LogP contribution in [-0.4, -0.2) is 23.0 Å². The molecule has 0 radical (unpaired) electrons. The highest BCUT2D eigenvalue weighted by molar-refractivity contribution is 6.03. The summed E-state index contributed by atoms with van der Waals surface area (Å²) in [5.74, 6) is 1.11. The highest BCUT2D eigenvalue weighted by Gasteiger charge is 2.11. The number of rotatable bonds is 7. The van der Waals surface area contributed by atoms with Crippen LogP contribution in [0.3, 0.4) is 0 Å². The van der Waals surface area contributed by atoms with Gasteiger partial charge in [-0.05, 0) is 24.1 Å². The maximum Gasteiger partial charge on any atom is 0.274 e. The molecule has 0 saturated carbocycles. The second-order valence-electron chi connectivity index (χ2n) is 5.92. The van der Waals surface area contributed by atoms with E-state index < -0.39 is 0 Å². The second-order valence-corrected chi connectivity index (χ2v) is 5.92. The number of nitrogens with one attached hydrogen (secondary N) is 2. The van der Waals surface area contributed by atoms with Crippen LogP contribution in [-0.2, 0) is 13.0 Å². The SMILES string of the molecule is CCc1ccccc1NC(=O)c1cc(NCc2ccccc2OC)ncn1. The van der Waals surface area contributed by atoms with Crippen molar-refractivity contribution < 1.29 is 9.53 Å². The number of para-hydroxylation sites is 2. The number of ether oxygens (including phenoxy) is 1. The number of hydrogen-bond donors (Lipinski definition) is 2. The number of aromatic nitrogens is 2. The molecule has 0 bridgehead atoms. The largest absolute Gasteiger partial charge is 0.496 e. The number of anilines is 2. The van der Waals surface area contributed by atoms with E-state index in [2.05, 4.69) is 27.5 Å². The van der Waals surface area contributed by atoms with Crippen molar-refractivity contribution in [3.8, 4) is 5.75 Å². The fraction of sp³-hybridized carbons (Fsp3) is 0.190. The molecule has 138 valence electrons. The summed E-state index contributed by atoms with van der Waals surface area (Å²) < 4.78 is 5.35. The van der Waals surface area contributed by atoms with Gasteiger partial charge in [-0.1, -0.05) is 43.3 Å². The van der Waals surface area contributed by atoms with E-state index in [1.165, 1.54) is 6.33 Å². The van der Waals surface area contributed by atoms with Crippen LogP contribution < -0.4 is 15.4 Å². The van der Waals surface area contributed by atoms with Crippen LogP contribution in [0.5, 0.6) is 5.75 Å². The first kappa shape index (κ1) is 18.4. The number of benzene rings is 2. The lowest BCUT2D eigenvalue weighted by Gasteiger charge is -2.11. The van der Waals surface area contributed by atoms with E-state index >= 15 is 0 Å². The third kappa shape index (κ3) is 4.61. The topological polar surface area (TPSA) is 76.1 Å². The number of amides is 1. The van der Waals surface area contributed by atoms with E-state index in [0.29, 0.717) is 18.1 Å². The van der Waals surface area contributed by atoms with Crippen LogP contribution in [0.15, 0.2) is 60.9 Å². The van der Waals surface area contributed by atoms with Crippen molar-refractivity contribution in [1.82, 2.24) is 9.97 Å². The van der Waals surface area contributed by atoms with Gasteiger partial charge in [-0.25, -0.2) is 9.97 Å². The van der Waals surface area contributed by atoms with Crippen molar-refractivity contribution in [2.24, 2.45) is 0 Å². The molecule has 0 saturated heterocycles. The number of aryl methyl sites for hydroxylation is 1. The first-order chi connectivity index (χ1) is 13.2. The molecule has 0 aliphatic carbocycles. The van der Waals surface area contributed by atoms with Crippen LogP contribution >= 0.6 is 0 Å². The van der Waals surface area contributed by atoms with E-state index in [4.69, 9.17) is 4.74 Å². The molecular formula is C21H22N4O2. The van der Waals surface area contributed by atoms with Crippen molar-refractivity contribution in [2.75, 3.05) is 17.7 Å². The lowest BCUT2D eigenvalue weighted by molar-refractivity contribution is 0.102. The summed E-state index contributed by atoms with van der Waals surface area (Å²) in [5.41, 5.74) is 3.18. The van der Waals surface area contributed by atoms with Gasteiger partial charge in [0.05, 0.1) is 7.11 Å². The van der Waals surface area contributed by atoms with Crippen LogP contribution in [0.25, 0.3) is 0 Å². The molecule has 3 rings (SSSR count). The molecule has 1 aromatic heterocycles. The molecule has 0 fully saturated rings. The minimum atomic E-state index is -0.265. The molecule has 0 spiro atoms. The predicted octanol–water partition coefficient (Wildman–Crippen LogP) is 3.91. The fourth-order valence-electron chi connectivity index (χ4n) is 2.75. The Morgan fingerprint density at radius 3 is 2.56 bits per heavy atom. The molecule has 0 unspecified atom stereocenters. The molecule has 0 aliphatic heterocycles. The molecule has 2 aromatic carbocycles. The number of carbonyl (C=O) groups is 1. The number of hydrogen-bond acceptors (Lipinski definition) is 5. The molecule has 6 heteroatoms. The summed E-state index contributed by atoms with van der Waals surface area (Å²) in [5, 5.41) is 6.13. The lowest BCUT2D eigenvalue weighted by atomic mass is 10.1. The maximum absolute atomic E-state index is 12.6.